The molecule has 0 radical (unpaired) electrons. The van der Waals surface area contributed by atoms with Crippen LogP contribution in [-0.2, 0) is 19.0 Å². The highest BCUT2D eigenvalue weighted by Gasteiger charge is 2.71. The van der Waals surface area contributed by atoms with Gasteiger partial charge in [0, 0.05) is 23.5 Å². The van der Waals surface area contributed by atoms with E-state index < -0.39 is 5.97 Å². The average molecular weight is 630 g/mol. The first kappa shape index (κ1) is 35.4. The number of carboxylic acid groups (broad SMARTS) is 1. The van der Waals surface area contributed by atoms with E-state index in [0.717, 1.165) is 45.1 Å². The van der Waals surface area contributed by atoms with Gasteiger partial charge in [-0.25, -0.2) is 0 Å². The number of rotatable bonds is 8. The second-order valence-corrected chi connectivity index (χ2v) is 18.9. The maximum absolute atomic E-state index is 13.4. The minimum Gasteiger partial charge on any atom is -0.481 e. The summed E-state index contributed by atoms with van der Waals surface area (Å²) in [6, 6.07) is 0. The van der Waals surface area contributed by atoms with E-state index >= 15 is 0 Å². The highest BCUT2D eigenvalue weighted by Crippen LogP contribution is 2.75. The topological polar surface area (TPSA) is 77.0 Å². The molecule has 1 aliphatic heterocycles. The molecule has 0 aromatic rings. The molecule has 1 heterocycles. The molecule has 0 aromatic carbocycles. The van der Waals surface area contributed by atoms with Crippen molar-refractivity contribution in [3.8, 4) is 0 Å². The third kappa shape index (κ3) is 4.79. The molecule has 6 heteroatoms. The fraction of sp³-hybridized carbons (Fsp3) is 0.923. The number of allylic oxidation sites excluding steroid dienone is 1. The van der Waals surface area contributed by atoms with Crippen molar-refractivity contribution >= 4 is 5.97 Å². The molecule has 2 N–H and O–H groups in total. The maximum atomic E-state index is 13.4. The number of hydrogen-bond acceptors (Lipinski definition) is 5. The molecule has 0 amide bonds. The molecule has 258 valence electrons. The van der Waals surface area contributed by atoms with Crippen LogP contribution in [0.5, 0.6) is 0 Å². The van der Waals surface area contributed by atoms with Crippen LogP contribution in [0.25, 0.3) is 0 Å². The zero-order valence-electron chi connectivity index (χ0n) is 31.1. The second-order valence-electron chi connectivity index (χ2n) is 18.9. The molecule has 0 aromatic heterocycles. The van der Waals surface area contributed by atoms with Crippen LogP contribution in [0, 0.1) is 62.1 Å². The van der Waals surface area contributed by atoms with E-state index in [0.29, 0.717) is 36.9 Å². The van der Waals surface area contributed by atoms with Crippen molar-refractivity contribution in [2.24, 2.45) is 62.1 Å². The lowest BCUT2D eigenvalue weighted by molar-refractivity contribution is -0.270. The van der Waals surface area contributed by atoms with Crippen molar-refractivity contribution in [1.29, 1.82) is 0 Å². The highest BCUT2D eigenvalue weighted by atomic mass is 16.5. The van der Waals surface area contributed by atoms with E-state index in [1.165, 1.54) is 0 Å². The van der Waals surface area contributed by atoms with Gasteiger partial charge in [-0.15, -0.1) is 0 Å². The quantitative estimate of drug-likeness (QED) is 0.265. The van der Waals surface area contributed by atoms with Gasteiger partial charge in [0.15, 0.2) is 0 Å². The van der Waals surface area contributed by atoms with Gasteiger partial charge in [-0.2, -0.15) is 0 Å². The van der Waals surface area contributed by atoms with Crippen molar-refractivity contribution in [2.45, 2.75) is 132 Å². The van der Waals surface area contributed by atoms with Gasteiger partial charge >= 0.3 is 5.97 Å². The summed E-state index contributed by atoms with van der Waals surface area (Å²) in [6.45, 7) is 27.4. The standard InChI is InChI=1S/C39H67NO5/c1-24(2)25(3)34(7)18-19-36(9)26-14-15-29-35(8)21-44-23-39(29,27(26)16-17-37(36,10)30(34)32(41)42)20-28(43-13)31(35)45-22-38(11,40-12)33(4,5)6/h16,24-26,28-31,40H,14-15,17-23H2,1-13H3,(H,41,42)/t25-,26+,28-,29+,30-,31+,34-,35+,36-,37+,38+,39+/m1/s1. The van der Waals surface area contributed by atoms with Crippen LogP contribution >= 0.6 is 0 Å². The van der Waals surface area contributed by atoms with Crippen LogP contribution in [0.2, 0.25) is 0 Å². The molecule has 1 saturated heterocycles. The predicted octanol–water partition coefficient (Wildman–Crippen LogP) is 8.00. The van der Waals surface area contributed by atoms with Crippen molar-refractivity contribution in [1.82, 2.24) is 5.32 Å². The molecule has 12 atom stereocenters. The average Bonchev–Trinajstić information content (AvgIpc) is 2.95. The van der Waals surface area contributed by atoms with Gasteiger partial charge < -0.3 is 24.6 Å². The Labute approximate surface area is 275 Å². The first-order valence-corrected chi connectivity index (χ1v) is 18.1. The SMILES string of the molecule is CN[C@@](C)(CO[C@H]1[C@H](OC)C[C@@]23COC[C@@]1(C)[C@@H]2CC[C@H]1C3=CC[C@@]2(C)[C@H](C(=O)O)[C@@](C)([C@H](C)C(C)C)CC[C@]12C)C(C)(C)C. The minimum atomic E-state index is -0.600. The van der Waals surface area contributed by atoms with E-state index in [1.807, 2.05) is 14.2 Å². The van der Waals surface area contributed by atoms with Crippen LogP contribution in [0.15, 0.2) is 11.6 Å². The summed E-state index contributed by atoms with van der Waals surface area (Å²) in [6.07, 6.45) is 8.47. The maximum Gasteiger partial charge on any atom is 0.307 e. The van der Waals surface area contributed by atoms with Crippen molar-refractivity contribution in [3.05, 3.63) is 11.6 Å². The lowest BCUT2D eigenvalue weighted by atomic mass is 9.34. The third-order valence-electron chi connectivity index (χ3n) is 16.1. The largest absolute Gasteiger partial charge is 0.481 e. The number of likely N-dealkylation sites (N-methyl/N-ethyl adjacent to an activating group) is 1. The Morgan fingerprint density at radius 2 is 1.73 bits per heavy atom. The molecule has 0 spiro atoms. The monoisotopic (exact) mass is 630 g/mol. The first-order chi connectivity index (χ1) is 20.7. The van der Waals surface area contributed by atoms with Crippen molar-refractivity contribution < 1.29 is 24.1 Å². The van der Waals surface area contributed by atoms with Crippen molar-refractivity contribution in [3.63, 3.8) is 0 Å². The Morgan fingerprint density at radius 3 is 2.29 bits per heavy atom. The van der Waals surface area contributed by atoms with Crippen LogP contribution in [0.4, 0.5) is 0 Å². The smallest absolute Gasteiger partial charge is 0.307 e. The molecule has 45 heavy (non-hydrogen) atoms. The Morgan fingerprint density at radius 1 is 1.07 bits per heavy atom. The predicted molar refractivity (Wildman–Crippen MR) is 181 cm³/mol. The fourth-order valence-electron chi connectivity index (χ4n) is 12.0. The Bertz CT molecular complexity index is 1180. The summed E-state index contributed by atoms with van der Waals surface area (Å²) in [5, 5.41) is 14.5. The molecule has 5 rings (SSSR count). The van der Waals surface area contributed by atoms with Crippen LogP contribution in [-0.4, -0.2) is 62.8 Å². The zero-order valence-corrected chi connectivity index (χ0v) is 31.1. The van der Waals surface area contributed by atoms with Gasteiger partial charge in [0.25, 0.3) is 0 Å². The number of methoxy groups -OCH3 is 1. The molecule has 0 unspecified atom stereocenters. The second kappa shape index (κ2) is 11.3. The molecule has 4 fully saturated rings. The normalized spacial score (nSPS) is 46.7. The minimum absolute atomic E-state index is 0.0229. The summed E-state index contributed by atoms with van der Waals surface area (Å²) in [5.41, 5.74) is 0.518. The molecule has 2 bridgehead atoms. The van der Waals surface area contributed by atoms with Crippen LogP contribution in [0.3, 0.4) is 0 Å². The summed E-state index contributed by atoms with van der Waals surface area (Å²) >= 11 is 0. The molecular formula is C39H67NO5. The lowest BCUT2D eigenvalue weighted by Gasteiger charge is -2.71. The number of nitrogens with one attached hydrogen (secondary N) is 1. The first-order valence-electron chi connectivity index (χ1n) is 18.1. The van der Waals surface area contributed by atoms with Gasteiger partial charge in [0.2, 0.25) is 0 Å². The number of aliphatic carboxylic acids is 1. The van der Waals surface area contributed by atoms with E-state index in [2.05, 4.69) is 87.6 Å². The van der Waals surface area contributed by atoms with E-state index in [-0.39, 0.29) is 56.2 Å². The molecular weight excluding hydrogens is 562 g/mol. The van der Waals surface area contributed by atoms with Crippen molar-refractivity contribution in [2.75, 3.05) is 34.0 Å². The summed E-state index contributed by atoms with van der Waals surface area (Å²) < 4.78 is 20.1. The summed E-state index contributed by atoms with van der Waals surface area (Å²) in [5.74, 6) is 0.629. The van der Waals surface area contributed by atoms with E-state index in [1.54, 1.807) is 5.57 Å². The van der Waals surface area contributed by atoms with E-state index in [9.17, 15) is 9.90 Å². The lowest BCUT2D eigenvalue weighted by Crippen LogP contribution is -2.70. The Balaban J connectivity index is 1.54. The van der Waals surface area contributed by atoms with Gasteiger partial charge in [0.05, 0.1) is 37.9 Å². The van der Waals surface area contributed by atoms with E-state index in [4.69, 9.17) is 14.2 Å². The Hall–Kier alpha value is -0.950. The third-order valence-corrected chi connectivity index (χ3v) is 16.1. The molecule has 3 saturated carbocycles. The van der Waals surface area contributed by atoms with Gasteiger partial charge in [-0.3, -0.25) is 4.79 Å². The van der Waals surface area contributed by atoms with Gasteiger partial charge in [-0.05, 0) is 97.8 Å². The summed E-state index contributed by atoms with van der Waals surface area (Å²) in [4.78, 5) is 13.4. The number of carboxylic acids is 1. The number of ether oxygens (including phenoxy) is 3. The van der Waals surface area contributed by atoms with Crippen LogP contribution < -0.4 is 5.32 Å². The number of carbonyl (C=O) groups is 1. The summed E-state index contributed by atoms with van der Waals surface area (Å²) in [7, 11) is 3.90. The number of fused-ring (bicyclic) bond motifs is 3. The molecule has 5 aliphatic rings. The fourth-order valence-corrected chi connectivity index (χ4v) is 12.0. The zero-order chi connectivity index (χ0) is 33.6. The van der Waals surface area contributed by atoms with Gasteiger partial charge in [0.1, 0.15) is 0 Å². The molecule has 4 aliphatic carbocycles. The van der Waals surface area contributed by atoms with Crippen LogP contribution in [0.1, 0.15) is 115 Å². The molecule has 6 nitrogen and oxygen atoms in total. The van der Waals surface area contributed by atoms with Gasteiger partial charge in [-0.1, -0.05) is 80.9 Å². The number of hydrogen-bond donors (Lipinski definition) is 2. The highest BCUT2D eigenvalue weighted by molar-refractivity contribution is 5.73. The Kier molecular flexibility index (Phi) is 8.88.